The van der Waals surface area contributed by atoms with Crippen molar-refractivity contribution in [1.82, 2.24) is 15.4 Å². The maximum Gasteiger partial charge on any atom is 0.490 e. The van der Waals surface area contributed by atoms with Gasteiger partial charge in [-0.1, -0.05) is 12.1 Å². The molecule has 15 heteroatoms. The molecule has 0 radical (unpaired) electrons. The van der Waals surface area contributed by atoms with Crippen LogP contribution in [0.4, 0.5) is 13.2 Å². The van der Waals surface area contributed by atoms with Crippen LogP contribution in [0.3, 0.4) is 0 Å². The van der Waals surface area contributed by atoms with Crippen molar-refractivity contribution in [1.29, 1.82) is 5.41 Å². The average molecular weight is 573 g/mol. The van der Waals surface area contributed by atoms with Crippen LogP contribution in [0, 0.1) is 12.3 Å². The number of carboxylic acids is 1. The van der Waals surface area contributed by atoms with E-state index in [0.717, 1.165) is 39.1 Å². The third-order valence-electron chi connectivity index (χ3n) is 4.96. The smallest absolute Gasteiger partial charge is 0.475 e. The number of aromatic nitrogens is 2. The second-order valence-corrected chi connectivity index (χ2v) is 11.4. The van der Waals surface area contributed by atoms with Crippen molar-refractivity contribution in [2.45, 2.75) is 27.1 Å². The van der Waals surface area contributed by atoms with Crippen LogP contribution in [-0.4, -0.2) is 52.9 Å². The first-order valence-corrected chi connectivity index (χ1v) is 13.6. The van der Waals surface area contributed by atoms with Crippen LogP contribution in [0.2, 0.25) is 0 Å². The fraction of sp³-hybridized carbons (Fsp3) is 0.136. The van der Waals surface area contributed by atoms with E-state index < -0.39 is 22.0 Å². The van der Waals surface area contributed by atoms with Gasteiger partial charge in [0.2, 0.25) is 9.84 Å². The first-order valence-electron chi connectivity index (χ1n) is 10.1. The summed E-state index contributed by atoms with van der Waals surface area (Å²) in [4.78, 5) is 16.9. The molecule has 0 saturated heterocycles. The first kappa shape index (κ1) is 28.2. The Hall–Kier alpha value is -3.40. The number of carboxylic acid groups (broad SMARTS) is 1. The summed E-state index contributed by atoms with van der Waals surface area (Å²) >= 11 is 2.44. The minimum atomic E-state index is -5.08. The normalized spacial score (nSPS) is 11.6. The molecule has 2 aromatic carbocycles. The van der Waals surface area contributed by atoms with Crippen molar-refractivity contribution in [2.24, 2.45) is 0 Å². The van der Waals surface area contributed by atoms with E-state index in [4.69, 9.17) is 20.5 Å². The Labute approximate surface area is 216 Å². The van der Waals surface area contributed by atoms with E-state index in [0.29, 0.717) is 9.09 Å². The number of H-pyrrole nitrogens is 1. The summed E-state index contributed by atoms with van der Waals surface area (Å²) < 4.78 is 59.1. The molecule has 0 saturated carbocycles. The van der Waals surface area contributed by atoms with E-state index in [1.165, 1.54) is 17.8 Å². The zero-order valence-corrected chi connectivity index (χ0v) is 21.5. The van der Waals surface area contributed by atoms with Gasteiger partial charge in [-0.3, -0.25) is 16.1 Å². The van der Waals surface area contributed by atoms with Crippen LogP contribution in [0.5, 0.6) is 0 Å². The molecule has 0 spiro atoms. The van der Waals surface area contributed by atoms with Crippen molar-refractivity contribution in [3.63, 3.8) is 0 Å². The number of benzene rings is 2. The highest BCUT2D eigenvalue weighted by molar-refractivity contribution is 8.01. The number of aryl methyl sites for hydroxylation is 1. The van der Waals surface area contributed by atoms with Gasteiger partial charge in [0, 0.05) is 0 Å². The molecule has 0 amide bonds. The fourth-order valence-electron chi connectivity index (χ4n) is 3.22. The van der Waals surface area contributed by atoms with Crippen LogP contribution in [0.25, 0.3) is 22.2 Å². The van der Waals surface area contributed by atoms with Gasteiger partial charge in [-0.15, -0.1) is 23.1 Å². The standard InChI is InChI=1S/C20H18N4O3S3.C2HF3O2/c1-11-6-15-16(23-10-22-15)8-14(11)12-4-3-5-13(7-12)30(26,27)18-9-17(19(21)24-25)29-20(18)28-2;3-2(4,5)1(6)7/h3-10,25H,1-2H3,(H2,21,24)(H,22,23);(H,6,7). The van der Waals surface area contributed by atoms with Crippen molar-refractivity contribution in [2.75, 3.05) is 6.26 Å². The molecule has 0 aliphatic heterocycles. The second-order valence-electron chi connectivity index (χ2n) is 7.37. The summed E-state index contributed by atoms with van der Waals surface area (Å²) in [6, 6.07) is 12.2. The number of nitrogens with zero attached hydrogens (tertiary/aromatic N) is 1. The maximum absolute atomic E-state index is 13.4. The highest BCUT2D eigenvalue weighted by Gasteiger charge is 2.38. The lowest BCUT2D eigenvalue weighted by molar-refractivity contribution is -0.192. The number of imidazole rings is 1. The van der Waals surface area contributed by atoms with Gasteiger partial charge in [0.05, 0.1) is 36.2 Å². The molecule has 0 fully saturated rings. The predicted octanol–water partition coefficient (Wildman–Crippen LogP) is 5.09. The number of alkyl halides is 3. The number of hydrogen-bond acceptors (Lipinski definition) is 8. The third-order valence-corrected chi connectivity index (χ3v) is 9.29. The zero-order chi connectivity index (χ0) is 27.5. The van der Waals surface area contributed by atoms with E-state index in [1.54, 1.807) is 36.3 Å². The quantitative estimate of drug-likeness (QED) is 0.0958. The average Bonchev–Trinajstić information content (AvgIpc) is 3.50. The molecule has 0 bridgehead atoms. The van der Waals surface area contributed by atoms with E-state index in [9.17, 15) is 21.6 Å². The van der Waals surface area contributed by atoms with E-state index in [1.807, 2.05) is 25.1 Å². The molecule has 0 atom stereocenters. The molecular weight excluding hydrogens is 553 g/mol. The van der Waals surface area contributed by atoms with Crippen LogP contribution < -0.4 is 5.48 Å². The molecule has 0 aliphatic carbocycles. The van der Waals surface area contributed by atoms with Crippen molar-refractivity contribution in [3.05, 3.63) is 59.2 Å². The number of hydroxylamine groups is 1. The third kappa shape index (κ3) is 6.12. The summed E-state index contributed by atoms with van der Waals surface area (Å²) in [6.45, 7) is 1.97. The van der Waals surface area contributed by atoms with Gasteiger partial charge >= 0.3 is 12.1 Å². The lowest BCUT2D eigenvalue weighted by Crippen LogP contribution is -2.21. The van der Waals surface area contributed by atoms with Crippen molar-refractivity contribution < 1.29 is 36.7 Å². The number of nitrogens with one attached hydrogen (secondary N) is 3. The number of aromatic amines is 1. The van der Waals surface area contributed by atoms with Gasteiger partial charge in [0.25, 0.3) is 0 Å². The Morgan fingerprint density at radius 1 is 1.22 bits per heavy atom. The highest BCUT2D eigenvalue weighted by atomic mass is 32.2. The molecule has 4 rings (SSSR count). The SMILES string of the molecule is CSc1sc(C(=N)NO)cc1S(=O)(=O)c1cccc(-c2cc3[nH]cnc3cc2C)c1.O=C(O)C(F)(F)F. The molecule has 9 nitrogen and oxygen atoms in total. The predicted molar refractivity (Wildman–Crippen MR) is 133 cm³/mol. The summed E-state index contributed by atoms with van der Waals surface area (Å²) in [5.41, 5.74) is 6.21. The molecular formula is C22H19F3N4O5S3. The largest absolute Gasteiger partial charge is 0.490 e. The minimum absolute atomic E-state index is 0.132. The Balaban J connectivity index is 0.000000479. The summed E-state index contributed by atoms with van der Waals surface area (Å²) in [5.74, 6) is -3.00. The Kier molecular flexibility index (Phi) is 8.32. The molecule has 0 unspecified atom stereocenters. The molecule has 5 N–H and O–H groups in total. The number of hydrogen-bond donors (Lipinski definition) is 5. The van der Waals surface area contributed by atoms with E-state index in [-0.39, 0.29) is 15.6 Å². The Morgan fingerprint density at radius 3 is 2.49 bits per heavy atom. The van der Waals surface area contributed by atoms with Gasteiger partial charge in [0.15, 0.2) is 5.84 Å². The molecule has 2 heterocycles. The number of thiophene rings is 1. The number of aliphatic carboxylic acids is 1. The van der Waals surface area contributed by atoms with Crippen LogP contribution in [0.15, 0.2) is 62.8 Å². The van der Waals surface area contributed by atoms with Gasteiger partial charge in [0.1, 0.15) is 0 Å². The molecule has 0 aliphatic rings. The Morgan fingerprint density at radius 2 is 1.89 bits per heavy atom. The molecule has 37 heavy (non-hydrogen) atoms. The highest BCUT2D eigenvalue weighted by Crippen LogP contribution is 2.38. The van der Waals surface area contributed by atoms with Crippen LogP contribution in [-0.2, 0) is 14.6 Å². The van der Waals surface area contributed by atoms with Crippen LogP contribution >= 0.6 is 23.1 Å². The Bertz CT molecular complexity index is 1580. The van der Waals surface area contributed by atoms with Gasteiger partial charge < -0.3 is 10.1 Å². The van der Waals surface area contributed by atoms with Crippen molar-refractivity contribution in [3.8, 4) is 11.1 Å². The van der Waals surface area contributed by atoms with Crippen LogP contribution in [0.1, 0.15) is 10.4 Å². The number of halogens is 3. The number of sulfone groups is 1. The number of amidine groups is 1. The lowest BCUT2D eigenvalue weighted by Gasteiger charge is -2.10. The van der Waals surface area contributed by atoms with Gasteiger partial charge in [-0.2, -0.15) is 13.2 Å². The second kappa shape index (κ2) is 10.9. The zero-order valence-electron chi connectivity index (χ0n) is 19.0. The van der Waals surface area contributed by atoms with E-state index in [2.05, 4.69) is 9.97 Å². The topological polar surface area (TPSA) is 156 Å². The first-order chi connectivity index (χ1) is 17.3. The lowest BCUT2D eigenvalue weighted by atomic mass is 10.00. The summed E-state index contributed by atoms with van der Waals surface area (Å²) in [6.07, 6.45) is -1.67. The monoisotopic (exact) mass is 572 g/mol. The van der Waals surface area contributed by atoms with E-state index >= 15 is 0 Å². The molecule has 196 valence electrons. The number of rotatable bonds is 5. The van der Waals surface area contributed by atoms with Gasteiger partial charge in [-0.25, -0.2) is 18.2 Å². The number of fused-ring (bicyclic) bond motifs is 1. The fourth-order valence-corrected chi connectivity index (χ4v) is 7.16. The number of thioether (sulfide) groups is 1. The molecule has 4 aromatic rings. The number of carbonyl (C=O) groups is 1. The van der Waals surface area contributed by atoms with Gasteiger partial charge in [-0.05, 0) is 60.2 Å². The summed E-state index contributed by atoms with van der Waals surface area (Å²) in [5, 5.41) is 23.9. The summed E-state index contributed by atoms with van der Waals surface area (Å²) in [7, 11) is -3.81. The minimum Gasteiger partial charge on any atom is -0.475 e. The maximum atomic E-state index is 13.4. The van der Waals surface area contributed by atoms with Crippen molar-refractivity contribution >= 4 is 55.8 Å². The molecule has 2 aromatic heterocycles.